The standard InChI is InChI=1S/C25H22N2O3S/c1-26-22-14-8-7-13-21(22)23(19-10-3-2-4-11-19)24(31(26,29)30)25(28)27-16-15-18-9-5-6-12-20(18)17-27/h2-14H,15-17H2,1H3. The van der Waals surface area contributed by atoms with E-state index >= 15 is 0 Å². The zero-order valence-electron chi connectivity index (χ0n) is 17.2. The third-order valence-corrected chi connectivity index (χ3v) is 7.85. The highest BCUT2D eigenvalue weighted by Gasteiger charge is 2.41. The Morgan fingerprint density at radius 3 is 2.26 bits per heavy atom. The Hall–Kier alpha value is -3.38. The molecule has 156 valence electrons. The Labute approximate surface area is 182 Å². The van der Waals surface area contributed by atoms with E-state index in [9.17, 15) is 13.2 Å². The molecule has 0 aromatic heterocycles. The summed E-state index contributed by atoms with van der Waals surface area (Å²) in [5.41, 5.74) is 4.77. The van der Waals surface area contributed by atoms with E-state index in [1.165, 1.54) is 16.9 Å². The summed E-state index contributed by atoms with van der Waals surface area (Å²) in [4.78, 5) is 15.3. The number of fused-ring (bicyclic) bond motifs is 2. The molecule has 0 unspecified atom stereocenters. The Bertz CT molecular complexity index is 1310. The SMILES string of the molecule is CN1c2ccccc2C(c2ccccc2)=C(C(=O)N2CCc3ccccc3C2)S1(=O)=O. The molecule has 31 heavy (non-hydrogen) atoms. The third kappa shape index (κ3) is 3.15. The van der Waals surface area contributed by atoms with E-state index in [1.807, 2.05) is 66.7 Å². The lowest BCUT2D eigenvalue weighted by atomic mass is 9.94. The van der Waals surface area contributed by atoms with Gasteiger partial charge in [0, 0.05) is 31.3 Å². The summed E-state index contributed by atoms with van der Waals surface area (Å²) in [5.74, 6) is -0.449. The van der Waals surface area contributed by atoms with E-state index in [0.717, 1.165) is 11.1 Å². The van der Waals surface area contributed by atoms with Gasteiger partial charge >= 0.3 is 0 Å². The van der Waals surface area contributed by atoms with E-state index in [4.69, 9.17) is 0 Å². The van der Waals surface area contributed by atoms with Crippen molar-refractivity contribution in [2.24, 2.45) is 0 Å². The monoisotopic (exact) mass is 430 g/mol. The summed E-state index contributed by atoms with van der Waals surface area (Å²) in [6.45, 7) is 0.893. The lowest BCUT2D eigenvalue weighted by molar-refractivity contribution is -0.127. The fourth-order valence-electron chi connectivity index (χ4n) is 4.40. The molecule has 3 aromatic rings. The minimum absolute atomic E-state index is 0.153. The number of nitrogens with zero attached hydrogens (tertiary/aromatic N) is 2. The molecule has 5 rings (SSSR count). The molecule has 0 saturated heterocycles. The fourth-order valence-corrected chi connectivity index (χ4v) is 5.93. The largest absolute Gasteiger partial charge is 0.333 e. The summed E-state index contributed by atoms with van der Waals surface area (Å²) in [7, 11) is -2.51. The predicted molar refractivity (Wildman–Crippen MR) is 122 cm³/mol. The second kappa shape index (κ2) is 7.39. The molecule has 6 heteroatoms. The molecule has 5 nitrogen and oxygen atoms in total. The van der Waals surface area contributed by atoms with Crippen molar-refractivity contribution in [2.45, 2.75) is 13.0 Å². The molecule has 2 aliphatic heterocycles. The normalized spacial score (nSPS) is 17.2. The topological polar surface area (TPSA) is 57.7 Å². The van der Waals surface area contributed by atoms with Gasteiger partial charge in [0.25, 0.3) is 15.9 Å². The van der Waals surface area contributed by atoms with Gasteiger partial charge in [0.15, 0.2) is 4.91 Å². The van der Waals surface area contributed by atoms with Gasteiger partial charge in [0.2, 0.25) is 0 Å². The van der Waals surface area contributed by atoms with Crippen LogP contribution in [0.5, 0.6) is 0 Å². The van der Waals surface area contributed by atoms with Gasteiger partial charge in [0.1, 0.15) is 0 Å². The molecule has 1 amide bonds. The van der Waals surface area contributed by atoms with Crippen molar-refractivity contribution in [3.63, 3.8) is 0 Å². The highest BCUT2D eigenvalue weighted by Crippen LogP contribution is 2.42. The number of hydrogen-bond donors (Lipinski definition) is 0. The number of hydrogen-bond acceptors (Lipinski definition) is 3. The van der Waals surface area contributed by atoms with Gasteiger partial charge < -0.3 is 4.90 Å². The number of benzene rings is 3. The lowest BCUT2D eigenvalue weighted by Gasteiger charge is -2.34. The number of carbonyl (C=O) groups excluding carboxylic acids is 1. The summed E-state index contributed by atoms with van der Waals surface area (Å²) >= 11 is 0. The molecule has 3 aromatic carbocycles. The van der Waals surface area contributed by atoms with Crippen molar-refractivity contribution >= 4 is 27.2 Å². The molecule has 0 fully saturated rings. The molecule has 0 bridgehead atoms. The molecular weight excluding hydrogens is 408 g/mol. The van der Waals surface area contributed by atoms with E-state index < -0.39 is 15.9 Å². The Morgan fingerprint density at radius 2 is 1.48 bits per heavy atom. The molecule has 0 spiro atoms. The second-order valence-electron chi connectivity index (χ2n) is 7.81. The number of anilines is 1. The second-order valence-corrected chi connectivity index (χ2v) is 9.71. The molecule has 0 saturated carbocycles. The van der Waals surface area contributed by atoms with Crippen molar-refractivity contribution < 1.29 is 13.2 Å². The van der Waals surface area contributed by atoms with Gasteiger partial charge in [0.05, 0.1) is 5.69 Å². The minimum atomic E-state index is -4.02. The summed E-state index contributed by atoms with van der Waals surface area (Å²) in [5, 5.41) is 0. The Morgan fingerprint density at radius 1 is 0.839 bits per heavy atom. The van der Waals surface area contributed by atoms with Crippen LogP contribution in [-0.4, -0.2) is 32.8 Å². The summed E-state index contributed by atoms with van der Waals surface area (Å²) in [6.07, 6.45) is 0.711. The first-order valence-corrected chi connectivity index (χ1v) is 11.7. The van der Waals surface area contributed by atoms with Crippen LogP contribution in [0.15, 0.2) is 83.8 Å². The van der Waals surface area contributed by atoms with Crippen molar-refractivity contribution in [3.05, 3.63) is 106 Å². The average molecular weight is 431 g/mol. The van der Waals surface area contributed by atoms with Crippen LogP contribution in [0.1, 0.15) is 22.3 Å². The molecule has 2 aliphatic rings. The maximum atomic E-state index is 13.8. The lowest BCUT2D eigenvalue weighted by Crippen LogP contribution is -2.43. The highest BCUT2D eigenvalue weighted by molar-refractivity contribution is 7.97. The zero-order valence-corrected chi connectivity index (χ0v) is 18.0. The molecular formula is C25H22N2O3S. The van der Waals surface area contributed by atoms with Crippen LogP contribution in [0.4, 0.5) is 5.69 Å². The zero-order chi connectivity index (χ0) is 21.6. The highest BCUT2D eigenvalue weighted by atomic mass is 32.2. The van der Waals surface area contributed by atoms with Gasteiger partial charge in [-0.2, -0.15) is 0 Å². The van der Waals surface area contributed by atoms with Gasteiger partial charge in [-0.15, -0.1) is 0 Å². The van der Waals surface area contributed by atoms with Gasteiger partial charge in [-0.05, 0) is 29.2 Å². The first kappa shape index (κ1) is 19.6. The van der Waals surface area contributed by atoms with Crippen LogP contribution in [-0.2, 0) is 27.8 Å². The van der Waals surface area contributed by atoms with Crippen molar-refractivity contribution in [3.8, 4) is 0 Å². The number of para-hydroxylation sites is 1. The third-order valence-electron chi connectivity index (χ3n) is 6.03. The van der Waals surface area contributed by atoms with Crippen LogP contribution in [0, 0.1) is 0 Å². The number of carbonyl (C=O) groups is 1. The summed E-state index contributed by atoms with van der Waals surface area (Å²) in [6, 6.07) is 24.6. The van der Waals surface area contributed by atoms with E-state index in [1.54, 1.807) is 11.0 Å². The van der Waals surface area contributed by atoms with Crippen LogP contribution in [0.3, 0.4) is 0 Å². The smallest absolute Gasteiger partial charge is 0.270 e. The maximum Gasteiger partial charge on any atom is 0.270 e. The van der Waals surface area contributed by atoms with Crippen LogP contribution < -0.4 is 4.31 Å². The van der Waals surface area contributed by atoms with Gasteiger partial charge in [-0.3, -0.25) is 9.10 Å². The van der Waals surface area contributed by atoms with Gasteiger partial charge in [-0.25, -0.2) is 8.42 Å². The quantitative estimate of drug-likeness (QED) is 0.621. The molecule has 2 heterocycles. The number of amides is 1. The molecule has 0 N–H and O–H groups in total. The van der Waals surface area contributed by atoms with E-state index in [0.29, 0.717) is 36.3 Å². The van der Waals surface area contributed by atoms with Crippen molar-refractivity contribution in [1.29, 1.82) is 0 Å². The van der Waals surface area contributed by atoms with E-state index in [-0.39, 0.29) is 4.91 Å². The average Bonchev–Trinajstić information content (AvgIpc) is 2.81. The summed E-state index contributed by atoms with van der Waals surface area (Å²) < 4.78 is 28.4. The number of rotatable bonds is 2. The van der Waals surface area contributed by atoms with Crippen molar-refractivity contribution in [2.75, 3.05) is 17.9 Å². The first-order valence-electron chi connectivity index (χ1n) is 10.2. The minimum Gasteiger partial charge on any atom is -0.333 e. The first-order chi connectivity index (χ1) is 15.0. The van der Waals surface area contributed by atoms with Crippen LogP contribution in [0.2, 0.25) is 0 Å². The molecule has 0 aliphatic carbocycles. The van der Waals surface area contributed by atoms with Crippen LogP contribution >= 0.6 is 0 Å². The van der Waals surface area contributed by atoms with Crippen LogP contribution in [0.25, 0.3) is 5.57 Å². The number of sulfonamides is 1. The maximum absolute atomic E-state index is 13.8. The predicted octanol–water partition coefficient (Wildman–Crippen LogP) is 3.81. The van der Waals surface area contributed by atoms with Crippen molar-refractivity contribution in [1.82, 2.24) is 4.90 Å². The van der Waals surface area contributed by atoms with E-state index in [2.05, 4.69) is 6.07 Å². The molecule has 0 radical (unpaired) electrons. The Kier molecular flexibility index (Phi) is 4.67. The van der Waals surface area contributed by atoms with Gasteiger partial charge in [-0.1, -0.05) is 72.8 Å². The fraction of sp³-hybridized carbons (Fsp3) is 0.160. The Balaban J connectivity index is 1.71. The molecule has 0 atom stereocenters.